The first-order valence-electron chi connectivity index (χ1n) is 9.65. The molecule has 0 N–H and O–H groups in total. The van der Waals surface area contributed by atoms with Gasteiger partial charge in [0.25, 0.3) is 0 Å². The largest absolute Gasteiger partial charge is 0.370 e. The maximum Gasteiger partial charge on any atom is 0.184 e. The first kappa shape index (κ1) is 21.3. The lowest BCUT2D eigenvalue weighted by Crippen LogP contribution is -2.57. The Balaban J connectivity index is 1.76. The van der Waals surface area contributed by atoms with E-state index in [2.05, 4.69) is 0 Å². The van der Waals surface area contributed by atoms with Gasteiger partial charge < -0.3 is 28.5 Å². The number of benzene rings is 2. The van der Waals surface area contributed by atoms with Gasteiger partial charge in [0.2, 0.25) is 0 Å². The lowest BCUT2D eigenvalue weighted by molar-refractivity contribution is -0.290. The summed E-state index contributed by atoms with van der Waals surface area (Å²) in [7, 11) is 1.49. The minimum absolute atomic E-state index is 0.106. The molecular formula is C23H26O6. The Kier molecular flexibility index (Phi) is 8.07. The lowest BCUT2D eigenvalue weighted by atomic mass is 9.88. The number of hydrogen-bond donors (Lipinski definition) is 0. The third-order valence-electron chi connectivity index (χ3n) is 4.99. The van der Waals surface area contributed by atoms with Crippen LogP contribution in [0.3, 0.4) is 0 Å². The van der Waals surface area contributed by atoms with E-state index >= 15 is 0 Å². The van der Waals surface area contributed by atoms with Gasteiger partial charge in [-0.1, -0.05) is 60.7 Å². The number of aldehydes is 2. The SMILES string of the molecule is CO[C@H]1O[C@H](CC=O)[C@@H](OCc2ccccc2)[C@H](C=O)[C@@H]1OCc1ccccc1. The topological polar surface area (TPSA) is 71.1 Å². The Hall–Kier alpha value is -2.38. The summed E-state index contributed by atoms with van der Waals surface area (Å²) in [5.74, 6) is -0.633. The molecule has 0 saturated carbocycles. The second kappa shape index (κ2) is 11.0. The Labute approximate surface area is 170 Å². The van der Waals surface area contributed by atoms with Crippen molar-refractivity contribution in [3.8, 4) is 0 Å². The molecule has 1 saturated heterocycles. The van der Waals surface area contributed by atoms with E-state index in [4.69, 9.17) is 18.9 Å². The molecule has 29 heavy (non-hydrogen) atoms. The molecule has 0 aromatic heterocycles. The van der Waals surface area contributed by atoms with Crippen LogP contribution >= 0.6 is 0 Å². The highest BCUT2D eigenvalue weighted by Crippen LogP contribution is 2.32. The molecule has 3 rings (SSSR count). The number of carbonyl (C=O) groups is 2. The van der Waals surface area contributed by atoms with E-state index < -0.39 is 30.5 Å². The van der Waals surface area contributed by atoms with Gasteiger partial charge in [0.1, 0.15) is 18.7 Å². The minimum atomic E-state index is -0.768. The van der Waals surface area contributed by atoms with Gasteiger partial charge in [0, 0.05) is 13.5 Å². The summed E-state index contributed by atoms with van der Waals surface area (Å²) in [5, 5.41) is 0. The highest BCUT2D eigenvalue weighted by molar-refractivity contribution is 5.57. The summed E-state index contributed by atoms with van der Waals surface area (Å²) in [5.41, 5.74) is 1.95. The third kappa shape index (κ3) is 5.58. The van der Waals surface area contributed by atoms with Crippen LogP contribution in [0.2, 0.25) is 0 Å². The molecular weight excluding hydrogens is 372 g/mol. The van der Waals surface area contributed by atoms with Crippen molar-refractivity contribution in [2.75, 3.05) is 7.11 Å². The second-order valence-corrected chi connectivity index (χ2v) is 6.92. The van der Waals surface area contributed by atoms with Gasteiger partial charge in [-0.25, -0.2) is 0 Å². The number of methoxy groups -OCH3 is 1. The Morgan fingerprint density at radius 3 is 1.90 bits per heavy atom. The fraction of sp³-hybridized carbons (Fsp3) is 0.391. The van der Waals surface area contributed by atoms with E-state index in [1.165, 1.54) is 7.11 Å². The van der Waals surface area contributed by atoms with E-state index in [1.807, 2.05) is 60.7 Å². The first-order chi connectivity index (χ1) is 14.3. The van der Waals surface area contributed by atoms with Gasteiger partial charge in [-0.3, -0.25) is 0 Å². The van der Waals surface area contributed by atoms with Crippen LogP contribution in [0.25, 0.3) is 0 Å². The molecule has 1 aliphatic heterocycles. The van der Waals surface area contributed by atoms with Crippen LogP contribution in [0.5, 0.6) is 0 Å². The molecule has 1 heterocycles. The number of ether oxygens (including phenoxy) is 4. The molecule has 0 spiro atoms. The third-order valence-corrected chi connectivity index (χ3v) is 4.99. The average Bonchev–Trinajstić information content (AvgIpc) is 2.78. The van der Waals surface area contributed by atoms with Crippen molar-refractivity contribution in [1.29, 1.82) is 0 Å². The molecule has 0 radical (unpaired) electrons. The van der Waals surface area contributed by atoms with Gasteiger partial charge in [0.05, 0.1) is 31.3 Å². The zero-order valence-electron chi connectivity index (χ0n) is 16.4. The smallest absolute Gasteiger partial charge is 0.184 e. The van der Waals surface area contributed by atoms with Crippen molar-refractivity contribution >= 4 is 12.6 Å². The summed E-state index contributed by atoms with van der Waals surface area (Å²) >= 11 is 0. The van der Waals surface area contributed by atoms with Crippen molar-refractivity contribution in [3.05, 3.63) is 71.8 Å². The average molecular weight is 398 g/mol. The van der Waals surface area contributed by atoms with E-state index in [0.29, 0.717) is 13.2 Å². The predicted octanol–water partition coefficient (Wildman–Crippen LogP) is 2.93. The summed E-state index contributed by atoms with van der Waals surface area (Å²) in [4.78, 5) is 23.2. The van der Waals surface area contributed by atoms with Gasteiger partial charge in [-0.15, -0.1) is 0 Å². The molecule has 2 aromatic rings. The summed E-state index contributed by atoms with van der Waals surface area (Å²) in [6.45, 7) is 0.612. The molecule has 0 aliphatic carbocycles. The molecule has 1 aliphatic rings. The van der Waals surface area contributed by atoms with Crippen molar-refractivity contribution < 1.29 is 28.5 Å². The highest BCUT2D eigenvalue weighted by atomic mass is 16.7. The van der Waals surface area contributed by atoms with Gasteiger partial charge in [-0.2, -0.15) is 0 Å². The van der Waals surface area contributed by atoms with Crippen LogP contribution in [-0.2, 0) is 41.8 Å². The Morgan fingerprint density at radius 2 is 1.41 bits per heavy atom. The van der Waals surface area contributed by atoms with Crippen LogP contribution in [-0.4, -0.2) is 44.3 Å². The van der Waals surface area contributed by atoms with Crippen LogP contribution in [0.15, 0.2) is 60.7 Å². The molecule has 1 fully saturated rings. The van der Waals surface area contributed by atoms with E-state index in [9.17, 15) is 9.59 Å². The summed E-state index contributed by atoms with van der Waals surface area (Å²) in [6.07, 6.45) is -0.939. The maximum atomic E-state index is 12.1. The minimum Gasteiger partial charge on any atom is -0.370 e. The van der Waals surface area contributed by atoms with Crippen molar-refractivity contribution in [3.63, 3.8) is 0 Å². The number of carbonyl (C=O) groups excluding carboxylic acids is 2. The fourth-order valence-electron chi connectivity index (χ4n) is 3.51. The molecule has 0 bridgehead atoms. The normalized spacial score (nSPS) is 26.7. The Bertz CT molecular complexity index is 750. The standard InChI is InChI=1S/C23H26O6/c1-26-23-22(28-16-18-10-6-3-7-11-18)19(14-25)21(20(29-23)12-13-24)27-15-17-8-4-2-5-9-17/h2-11,13-14,19-23H,12,15-16H2,1H3/t19-,20+,21-,22-,23-/m0/s1. The molecule has 5 atom stereocenters. The molecule has 6 nitrogen and oxygen atoms in total. The molecule has 6 heteroatoms. The van der Waals surface area contributed by atoms with E-state index in [0.717, 1.165) is 23.7 Å². The van der Waals surface area contributed by atoms with Crippen LogP contribution in [0.1, 0.15) is 17.5 Å². The first-order valence-corrected chi connectivity index (χ1v) is 9.65. The number of rotatable bonds is 10. The zero-order valence-corrected chi connectivity index (χ0v) is 16.4. The van der Waals surface area contributed by atoms with Crippen molar-refractivity contribution in [2.45, 2.75) is 44.2 Å². The highest BCUT2D eigenvalue weighted by Gasteiger charge is 2.47. The zero-order chi connectivity index (χ0) is 20.5. The van der Waals surface area contributed by atoms with Crippen molar-refractivity contribution in [1.82, 2.24) is 0 Å². The maximum absolute atomic E-state index is 12.1. The Morgan fingerprint density at radius 1 is 0.862 bits per heavy atom. The van der Waals surface area contributed by atoms with E-state index in [-0.39, 0.29) is 6.42 Å². The number of hydrogen-bond acceptors (Lipinski definition) is 6. The second-order valence-electron chi connectivity index (χ2n) is 6.92. The monoisotopic (exact) mass is 398 g/mol. The van der Waals surface area contributed by atoms with Gasteiger partial charge in [0.15, 0.2) is 6.29 Å². The molecule has 2 aromatic carbocycles. The quantitative estimate of drug-likeness (QED) is 0.573. The van der Waals surface area contributed by atoms with Crippen LogP contribution < -0.4 is 0 Å². The van der Waals surface area contributed by atoms with Gasteiger partial charge in [-0.05, 0) is 11.1 Å². The lowest BCUT2D eigenvalue weighted by Gasteiger charge is -2.43. The predicted molar refractivity (Wildman–Crippen MR) is 106 cm³/mol. The van der Waals surface area contributed by atoms with Crippen molar-refractivity contribution in [2.24, 2.45) is 5.92 Å². The fourth-order valence-corrected chi connectivity index (χ4v) is 3.51. The summed E-state index contributed by atoms with van der Waals surface area (Å²) in [6, 6.07) is 19.3. The molecule has 0 amide bonds. The van der Waals surface area contributed by atoms with Crippen LogP contribution in [0, 0.1) is 5.92 Å². The van der Waals surface area contributed by atoms with Crippen LogP contribution in [0.4, 0.5) is 0 Å². The summed E-state index contributed by atoms with van der Waals surface area (Å²) < 4.78 is 23.5. The van der Waals surface area contributed by atoms with E-state index in [1.54, 1.807) is 0 Å². The van der Waals surface area contributed by atoms with Gasteiger partial charge >= 0.3 is 0 Å². The molecule has 0 unspecified atom stereocenters. The molecule has 154 valence electrons.